The molecule has 0 aromatic heterocycles. The summed E-state index contributed by atoms with van der Waals surface area (Å²) in [5, 5.41) is 3.97. The lowest BCUT2D eigenvalue weighted by Gasteiger charge is -2.07. The van der Waals surface area contributed by atoms with E-state index in [1.807, 2.05) is 24.3 Å². The summed E-state index contributed by atoms with van der Waals surface area (Å²) in [7, 11) is 0. The Balaban J connectivity index is 2.02. The smallest absolute Gasteiger partial charge is 0.126 e. The summed E-state index contributed by atoms with van der Waals surface area (Å²) < 4.78 is 13.1. The van der Waals surface area contributed by atoms with Crippen LogP contribution in [0.5, 0.6) is 0 Å². The van der Waals surface area contributed by atoms with Gasteiger partial charge in [0.2, 0.25) is 0 Å². The van der Waals surface area contributed by atoms with Crippen LogP contribution in [0.25, 0.3) is 0 Å². The van der Waals surface area contributed by atoms with Crippen molar-refractivity contribution < 1.29 is 4.39 Å². The van der Waals surface area contributed by atoms with E-state index in [2.05, 4.69) is 5.32 Å². The average molecular weight is 250 g/mol. The van der Waals surface area contributed by atoms with Crippen molar-refractivity contribution in [2.24, 2.45) is 0 Å². The zero-order chi connectivity index (χ0) is 12.3. The van der Waals surface area contributed by atoms with Gasteiger partial charge in [-0.25, -0.2) is 4.39 Å². The number of anilines is 1. The van der Waals surface area contributed by atoms with Crippen LogP contribution in [0.4, 0.5) is 10.1 Å². The Morgan fingerprint density at radius 3 is 2.47 bits per heavy atom. The standard InChI is InChI=1S/C14H13ClFN/c1-10-8-13(6-7-14(10)16)17-9-11-2-4-12(15)5-3-11/h2-8,17H,9H2,1H3. The van der Waals surface area contributed by atoms with Crippen LogP contribution in [0.1, 0.15) is 11.1 Å². The van der Waals surface area contributed by atoms with E-state index >= 15 is 0 Å². The summed E-state index contributed by atoms with van der Waals surface area (Å²) >= 11 is 5.80. The molecule has 0 aliphatic heterocycles. The molecule has 0 heterocycles. The zero-order valence-corrected chi connectivity index (χ0v) is 10.3. The molecule has 1 N–H and O–H groups in total. The second-order valence-corrected chi connectivity index (χ2v) is 4.38. The molecular weight excluding hydrogens is 237 g/mol. The number of hydrogen-bond acceptors (Lipinski definition) is 1. The quantitative estimate of drug-likeness (QED) is 0.850. The van der Waals surface area contributed by atoms with Gasteiger partial charge in [-0.05, 0) is 48.4 Å². The maximum Gasteiger partial charge on any atom is 0.126 e. The van der Waals surface area contributed by atoms with Gasteiger partial charge in [-0.3, -0.25) is 0 Å². The first-order chi connectivity index (χ1) is 8.15. The highest BCUT2D eigenvalue weighted by Gasteiger charge is 1.99. The Labute approximate surface area is 105 Å². The molecule has 2 rings (SSSR count). The van der Waals surface area contributed by atoms with Gasteiger partial charge in [0.1, 0.15) is 5.82 Å². The summed E-state index contributed by atoms with van der Waals surface area (Å²) in [5.41, 5.74) is 2.70. The van der Waals surface area contributed by atoms with Crippen LogP contribution >= 0.6 is 11.6 Å². The fraction of sp³-hybridized carbons (Fsp3) is 0.143. The lowest BCUT2D eigenvalue weighted by molar-refractivity contribution is 0.618. The van der Waals surface area contributed by atoms with E-state index in [9.17, 15) is 4.39 Å². The van der Waals surface area contributed by atoms with Crippen LogP contribution in [0.15, 0.2) is 42.5 Å². The van der Waals surface area contributed by atoms with E-state index in [1.54, 1.807) is 19.1 Å². The molecule has 0 saturated carbocycles. The van der Waals surface area contributed by atoms with E-state index in [0.29, 0.717) is 12.1 Å². The highest BCUT2D eigenvalue weighted by molar-refractivity contribution is 6.30. The number of aryl methyl sites for hydroxylation is 1. The van der Waals surface area contributed by atoms with Gasteiger partial charge >= 0.3 is 0 Å². The largest absolute Gasteiger partial charge is 0.381 e. The lowest BCUT2D eigenvalue weighted by Crippen LogP contribution is -1.99. The molecule has 0 amide bonds. The fourth-order valence-electron chi connectivity index (χ4n) is 1.56. The predicted molar refractivity (Wildman–Crippen MR) is 69.9 cm³/mol. The van der Waals surface area contributed by atoms with Crippen LogP contribution in [-0.4, -0.2) is 0 Å². The molecule has 0 radical (unpaired) electrons. The second kappa shape index (κ2) is 5.19. The zero-order valence-electron chi connectivity index (χ0n) is 9.50. The van der Waals surface area contributed by atoms with Crippen molar-refractivity contribution >= 4 is 17.3 Å². The van der Waals surface area contributed by atoms with Gasteiger partial charge in [0.05, 0.1) is 0 Å². The highest BCUT2D eigenvalue weighted by atomic mass is 35.5. The molecule has 0 fully saturated rings. The molecule has 0 aliphatic rings. The average Bonchev–Trinajstić information content (AvgIpc) is 2.33. The number of halogens is 2. The number of hydrogen-bond donors (Lipinski definition) is 1. The Hall–Kier alpha value is -1.54. The van der Waals surface area contributed by atoms with E-state index in [-0.39, 0.29) is 5.82 Å². The predicted octanol–water partition coefficient (Wildman–Crippen LogP) is 4.40. The molecule has 2 aromatic carbocycles. The highest BCUT2D eigenvalue weighted by Crippen LogP contribution is 2.15. The SMILES string of the molecule is Cc1cc(NCc2ccc(Cl)cc2)ccc1F. The first kappa shape index (κ1) is 11.9. The molecular formula is C14H13ClFN. The van der Waals surface area contributed by atoms with Gasteiger partial charge in [-0.1, -0.05) is 23.7 Å². The number of benzene rings is 2. The van der Waals surface area contributed by atoms with Gasteiger partial charge in [0, 0.05) is 17.3 Å². The molecule has 0 spiro atoms. The van der Waals surface area contributed by atoms with Gasteiger partial charge in [-0.2, -0.15) is 0 Å². The van der Waals surface area contributed by atoms with Crippen molar-refractivity contribution in [1.82, 2.24) is 0 Å². The van der Waals surface area contributed by atoms with Gasteiger partial charge in [-0.15, -0.1) is 0 Å². The molecule has 0 unspecified atom stereocenters. The van der Waals surface area contributed by atoms with Crippen molar-refractivity contribution in [2.45, 2.75) is 13.5 Å². The van der Waals surface area contributed by atoms with E-state index in [4.69, 9.17) is 11.6 Å². The first-order valence-corrected chi connectivity index (χ1v) is 5.77. The monoisotopic (exact) mass is 249 g/mol. The third-order valence-electron chi connectivity index (χ3n) is 2.57. The van der Waals surface area contributed by atoms with E-state index in [0.717, 1.165) is 16.3 Å². The topological polar surface area (TPSA) is 12.0 Å². The van der Waals surface area contributed by atoms with E-state index in [1.165, 1.54) is 6.07 Å². The summed E-state index contributed by atoms with van der Waals surface area (Å²) in [6.45, 7) is 2.45. The minimum atomic E-state index is -0.179. The summed E-state index contributed by atoms with van der Waals surface area (Å²) in [5.74, 6) is -0.179. The van der Waals surface area contributed by atoms with Crippen LogP contribution in [-0.2, 0) is 6.54 Å². The van der Waals surface area contributed by atoms with Crippen molar-refractivity contribution in [1.29, 1.82) is 0 Å². The van der Waals surface area contributed by atoms with Crippen molar-refractivity contribution in [3.63, 3.8) is 0 Å². The van der Waals surface area contributed by atoms with Crippen LogP contribution < -0.4 is 5.32 Å². The maximum atomic E-state index is 13.1. The summed E-state index contributed by atoms with van der Waals surface area (Å²) in [6.07, 6.45) is 0. The van der Waals surface area contributed by atoms with Gasteiger partial charge < -0.3 is 5.32 Å². The van der Waals surface area contributed by atoms with Crippen LogP contribution in [0, 0.1) is 12.7 Å². The van der Waals surface area contributed by atoms with Crippen LogP contribution in [0.3, 0.4) is 0 Å². The fourth-order valence-corrected chi connectivity index (χ4v) is 1.69. The number of rotatable bonds is 3. The Morgan fingerprint density at radius 2 is 1.82 bits per heavy atom. The molecule has 2 aromatic rings. The lowest BCUT2D eigenvalue weighted by atomic mass is 10.2. The van der Waals surface area contributed by atoms with Crippen LogP contribution in [0.2, 0.25) is 5.02 Å². The number of nitrogens with one attached hydrogen (secondary N) is 1. The molecule has 17 heavy (non-hydrogen) atoms. The normalized spacial score (nSPS) is 10.3. The molecule has 0 saturated heterocycles. The van der Waals surface area contributed by atoms with Gasteiger partial charge in [0.15, 0.2) is 0 Å². The van der Waals surface area contributed by atoms with Crippen molar-refractivity contribution in [2.75, 3.05) is 5.32 Å². The minimum Gasteiger partial charge on any atom is -0.381 e. The van der Waals surface area contributed by atoms with E-state index < -0.39 is 0 Å². The summed E-state index contributed by atoms with van der Waals surface area (Å²) in [4.78, 5) is 0. The molecule has 0 atom stereocenters. The Bertz CT molecular complexity index is 508. The first-order valence-electron chi connectivity index (χ1n) is 5.39. The molecule has 1 nitrogen and oxygen atoms in total. The molecule has 88 valence electrons. The third-order valence-corrected chi connectivity index (χ3v) is 2.82. The molecule has 0 bridgehead atoms. The summed E-state index contributed by atoms with van der Waals surface area (Å²) in [6, 6.07) is 12.6. The van der Waals surface area contributed by atoms with Crippen molar-refractivity contribution in [3.05, 3.63) is 64.4 Å². The van der Waals surface area contributed by atoms with Gasteiger partial charge in [0.25, 0.3) is 0 Å². The van der Waals surface area contributed by atoms with Crippen molar-refractivity contribution in [3.8, 4) is 0 Å². The molecule has 0 aliphatic carbocycles. The second-order valence-electron chi connectivity index (χ2n) is 3.94. The minimum absolute atomic E-state index is 0.179. The third kappa shape index (κ3) is 3.21. The molecule has 3 heteroatoms. The maximum absolute atomic E-state index is 13.1. The Morgan fingerprint density at radius 1 is 1.12 bits per heavy atom. The Kier molecular flexibility index (Phi) is 3.64.